The van der Waals surface area contributed by atoms with E-state index in [0.29, 0.717) is 43.3 Å². The lowest BCUT2D eigenvalue weighted by Crippen LogP contribution is -2.16. The lowest BCUT2D eigenvalue weighted by Gasteiger charge is -2.12. The molecule has 3 N–H and O–H groups in total. The van der Waals surface area contributed by atoms with E-state index in [-0.39, 0.29) is 5.75 Å². The molecule has 0 amide bonds. The molecule has 0 unspecified atom stereocenters. The summed E-state index contributed by atoms with van der Waals surface area (Å²) in [7, 11) is -3.21. The van der Waals surface area contributed by atoms with Crippen molar-refractivity contribution in [2.45, 2.75) is 18.2 Å². The van der Waals surface area contributed by atoms with Gasteiger partial charge in [-0.3, -0.25) is 0 Å². The molecule has 1 aromatic carbocycles. The molecule has 0 aliphatic heterocycles. The Balaban J connectivity index is 2.68. The number of nitrogens with one attached hydrogen (secondary N) is 1. The van der Waals surface area contributed by atoms with Gasteiger partial charge in [0, 0.05) is 13.1 Å². The average molecular weight is 286 g/mol. The van der Waals surface area contributed by atoms with Crippen LogP contribution >= 0.6 is 0 Å². The first-order valence-electron chi connectivity index (χ1n) is 6.45. The highest BCUT2D eigenvalue weighted by molar-refractivity contribution is 7.91. The summed E-state index contributed by atoms with van der Waals surface area (Å²) in [5.41, 5.74) is 5.94. The predicted octanol–water partition coefficient (Wildman–Crippen LogP) is 1.26. The molecule has 0 bridgehead atoms. The molecule has 0 aliphatic carbocycles. The van der Waals surface area contributed by atoms with Gasteiger partial charge < -0.3 is 15.8 Å². The zero-order valence-corrected chi connectivity index (χ0v) is 12.1. The maximum absolute atomic E-state index is 12.1. The van der Waals surface area contributed by atoms with E-state index in [4.69, 9.17) is 10.5 Å². The fourth-order valence-electron chi connectivity index (χ4n) is 1.71. The maximum atomic E-state index is 12.1. The number of rotatable bonds is 9. The van der Waals surface area contributed by atoms with Gasteiger partial charge >= 0.3 is 0 Å². The van der Waals surface area contributed by atoms with E-state index in [1.165, 1.54) is 0 Å². The minimum atomic E-state index is -3.21. The van der Waals surface area contributed by atoms with E-state index >= 15 is 0 Å². The topological polar surface area (TPSA) is 81.4 Å². The molecule has 0 aromatic heterocycles. The Morgan fingerprint density at radius 1 is 1.26 bits per heavy atom. The third kappa shape index (κ3) is 5.18. The van der Waals surface area contributed by atoms with Crippen LogP contribution in [0.2, 0.25) is 0 Å². The largest absolute Gasteiger partial charge is 0.382 e. The molecule has 0 aliphatic rings. The number of benzene rings is 1. The van der Waals surface area contributed by atoms with E-state index in [9.17, 15) is 8.42 Å². The van der Waals surface area contributed by atoms with Crippen LogP contribution in [0.3, 0.4) is 0 Å². The van der Waals surface area contributed by atoms with Gasteiger partial charge in [-0.05, 0) is 18.6 Å². The van der Waals surface area contributed by atoms with Crippen LogP contribution in [0.1, 0.15) is 13.3 Å². The highest BCUT2D eigenvalue weighted by Gasteiger charge is 2.16. The third-order valence-corrected chi connectivity index (χ3v) is 4.49. The van der Waals surface area contributed by atoms with Gasteiger partial charge in [-0.15, -0.1) is 0 Å². The fourth-order valence-corrected chi connectivity index (χ4v) is 3.22. The SMILES string of the molecule is CCCS(=O)(=O)c1ccccc1NCCOCCN. The number of para-hydroxylation sites is 1. The van der Waals surface area contributed by atoms with E-state index < -0.39 is 9.84 Å². The lowest BCUT2D eigenvalue weighted by molar-refractivity contribution is 0.151. The molecule has 0 spiro atoms. The molecule has 0 fully saturated rings. The first-order chi connectivity index (χ1) is 9.11. The van der Waals surface area contributed by atoms with Crippen LogP contribution in [-0.2, 0) is 14.6 Å². The molecule has 0 atom stereocenters. The Kier molecular flexibility index (Phi) is 6.83. The molecule has 0 heterocycles. The summed E-state index contributed by atoms with van der Waals surface area (Å²) in [6, 6.07) is 6.95. The van der Waals surface area contributed by atoms with Crippen molar-refractivity contribution in [3.05, 3.63) is 24.3 Å². The summed E-state index contributed by atoms with van der Waals surface area (Å²) >= 11 is 0. The molecular weight excluding hydrogens is 264 g/mol. The Bertz CT molecular complexity index is 475. The fraction of sp³-hybridized carbons (Fsp3) is 0.538. The lowest BCUT2D eigenvalue weighted by atomic mass is 10.3. The summed E-state index contributed by atoms with van der Waals surface area (Å²) in [4.78, 5) is 0.357. The van der Waals surface area contributed by atoms with E-state index in [1.54, 1.807) is 18.2 Å². The molecule has 6 heteroatoms. The van der Waals surface area contributed by atoms with Crippen LogP contribution in [-0.4, -0.2) is 40.5 Å². The van der Waals surface area contributed by atoms with Gasteiger partial charge in [0.05, 0.1) is 29.5 Å². The van der Waals surface area contributed by atoms with Gasteiger partial charge in [0.1, 0.15) is 0 Å². The molecule has 0 saturated heterocycles. The zero-order chi connectivity index (χ0) is 14.1. The Morgan fingerprint density at radius 2 is 2.00 bits per heavy atom. The standard InChI is InChI=1S/C13H22N2O3S/c1-2-11-19(16,17)13-6-4-3-5-12(13)15-8-10-18-9-7-14/h3-6,15H,2,7-11,14H2,1H3. The van der Waals surface area contributed by atoms with Gasteiger partial charge in [0.2, 0.25) is 0 Å². The van der Waals surface area contributed by atoms with Crippen molar-refractivity contribution in [3.63, 3.8) is 0 Å². The number of ether oxygens (including phenoxy) is 1. The Labute approximate surface area is 115 Å². The quantitative estimate of drug-likeness (QED) is 0.668. The van der Waals surface area contributed by atoms with Gasteiger partial charge in [-0.1, -0.05) is 19.1 Å². The van der Waals surface area contributed by atoms with Gasteiger partial charge in [-0.2, -0.15) is 0 Å². The van der Waals surface area contributed by atoms with Crippen molar-refractivity contribution in [2.75, 3.05) is 37.4 Å². The normalized spacial score (nSPS) is 11.5. The molecule has 0 radical (unpaired) electrons. The van der Waals surface area contributed by atoms with Crippen LogP contribution in [0, 0.1) is 0 Å². The van der Waals surface area contributed by atoms with Crippen molar-refractivity contribution in [1.29, 1.82) is 0 Å². The van der Waals surface area contributed by atoms with Crippen molar-refractivity contribution in [2.24, 2.45) is 5.73 Å². The number of hydrogen-bond donors (Lipinski definition) is 2. The smallest absolute Gasteiger partial charge is 0.180 e. The van der Waals surface area contributed by atoms with Crippen molar-refractivity contribution in [3.8, 4) is 0 Å². The molecule has 108 valence electrons. The third-order valence-electron chi connectivity index (χ3n) is 2.52. The van der Waals surface area contributed by atoms with Crippen molar-refractivity contribution >= 4 is 15.5 Å². The van der Waals surface area contributed by atoms with Crippen LogP contribution < -0.4 is 11.1 Å². The van der Waals surface area contributed by atoms with Crippen molar-refractivity contribution < 1.29 is 13.2 Å². The first kappa shape index (κ1) is 15.9. The number of anilines is 1. The predicted molar refractivity (Wildman–Crippen MR) is 77.1 cm³/mol. The summed E-state index contributed by atoms with van der Waals surface area (Å²) in [6.45, 7) is 3.91. The highest BCUT2D eigenvalue weighted by Crippen LogP contribution is 2.22. The highest BCUT2D eigenvalue weighted by atomic mass is 32.2. The second-order valence-corrected chi connectivity index (χ2v) is 6.22. The summed E-state index contributed by atoms with van der Waals surface area (Å²) in [5.74, 6) is 0.162. The van der Waals surface area contributed by atoms with Crippen LogP contribution in [0.4, 0.5) is 5.69 Å². The number of nitrogens with two attached hydrogens (primary N) is 1. The maximum Gasteiger partial charge on any atom is 0.180 e. The number of sulfone groups is 1. The van der Waals surface area contributed by atoms with Crippen LogP contribution in [0.15, 0.2) is 29.2 Å². The van der Waals surface area contributed by atoms with Crippen LogP contribution in [0.25, 0.3) is 0 Å². The first-order valence-corrected chi connectivity index (χ1v) is 8.10. The van der Waals surface area contributed by atoms with E-state index in [1.807, 2.05) is 13.0 Å². The minimum absolute atomic E-state index is 0.162. The van der Waals surface area contributed by atoms with Crippen molar-refractivity contribution in [1.82, 2.24) is 0 Å². The Morgan fingerprint density at radius 3 is 2.68 bits per heavy atom. The zero-order valence-electron chi connectivity index (χ0n) is 11.3. The van der Waals surface area contributed by atoms with E-state index in [0.717, 1.165) is 0 Å². The van der Waals surface area contributed by atoms with Gasteiger partial charge in [-0.25, -0.2) is 8.42 Å². The van der Waals surface area contributed by atoms with Gasteiger partial charge in [0.15, 0.2) is 9.84 Å². The van der Waals surface area contributed by atoms with Gasteiger partial charge in [0.25, 0.3) is 0 Å². The second-order valence-electron chi connectivity index (χ2n) is 4.14. The molecule has 0 saturated carbocycles. The average Bonchev–Trinajstić information content (AvgIpc) is 2.39. The minimum Gasteiger partial charge on any atom is -0.382 e. The molecule has 1 aromatic rings. The summed E-state index contributed by atoms with van der Waals surface area (Å²) in [5, 5.41) is 3.09. The monoisotopic (exact) mass is 286 g/mol. The molecule has 19 heavy (non-hydrogen) atoms. The number of hydrogen-bond acceptors (Lipinski definition) is 5. The second kappa shape index (κ2) is 8.14. The van der Waals surface area contributed by atoms with Crippen LogP contribution in [0.5, 0.6) is 0 Å². The summed E-state index contributed by atoms with van der Waals surface area (Å²) < 4.78 is 29.4. The summed E-state index contributed by atoms with van der Waals surface area (Å²) in [6.07, 6.45) is 0.607. The Hall–Kier alpha value is -1.11. The molecular formula is C13H22N2O3S. The molecule has 5 nitrogen and oxygen atoms in total. The van der Waals surface area contributed by atoms with E-state index in [2.05, 4.69) is 5.32 Å². The molecule has 1 rings (SSSR count).